The lowest BCUT2D eigenvalue weighted by molar-refractivity contribution is -0.151. The number of nitrogens with zero attached hydrogens (tertiary/aromatic N) is 1. The highest BCUT2D eigenvalue weighted by atomic mass is 16.5. The fourth-order valence-corrected chi connectivity index (χ4v) is 4.09. The molecule has 0 radical (unpaired) electrons. The molecule has 1 saturated heterocycles. The summed E-state index contributed by atoms with van der Waals surface area (Å²) in [6.07, 6.45) is 4.08. The Kier molecular flexibility index (Phi) is 3.63. The van der Waals surface area contributed by atoms with E-state index in [4.69, 9.17) is 4.74 Å². The van der Waals surface area contributed by atoms with E-state index in [1.54, 1.807) is 19.1 Å². The van der Waals surface area contributed by atoms with Crippen molar-refractivity contribution in [3.63, 3.8) is 0 Å². The minimum atomic E-state index is -0.821. The smallest absolute Gasteiger partial charge is 0.279 e. The van der Waals surface area contributed by atoms with Crippen molar-refractivity contribution in [3.8, 4) is 5.75 Å². The summed E-state index contributed by atoms with van der Waals surface area (Å²) in [5, 5.41) is 0.902. The molecule has 3 amide bonds. The predicted molar refractivity (Wildman–Crippen MR) is 89.0 cm³/mol. The van der Waals surface area contributed by atoms with Crippen LogP contribution in [-0.4, -0.2) is 28.8 Å². The Morgan fingerprint density at radius 2 is 1.68 bits per heavy atom. The number of ether oxygens (including phenoxy) is 1. The largest absolute Gasteiger partial charge is 0.481 e. The second-order valence-corrected chi connectivity index (χ2v) is 7.06. The van der Waals surface area contributed by atoms with Crippen molar-refractivity contribution in [2.45, 2.75) is 26.4 Å². The van der Waals surface area contributed by atoms with E-state index in [1.165, 1.54) is 0 Å². The maximum atomic E-state index is 12.6. The first-order chi connectivity index (χ1) is 12.0. The van der Waals surface area contributed by atoms with Gasteiger partial charge in [-0.15, -0.1) is 0 Å². The molecule has 1 aromatic carbocycles. The molecule has 5 atom stereocenters. The SMILES string of the molecule is Cc1ccc(O[C@H](C)C(=O)NN2C(=O)[C@@H]3[C@@H](C2=O)[C@H]2C=C[C@@H]3C2)cc1. The number of benzene rings is 1. The Morgan fingerprint density at radius 3 is 2.24 bits per heavy atom. The molecule has 25 heavy (non-hydrogen) atoms. The van der Waals surface area contributed by atoms with E-state index in [-0.39, 0.29) is 35.5 Å². The van der Waals surface area contributed by atoms with E-state index in [9.17, 15) is 14.4 Å². The minimum absolute atomic E-state index is 0.120. The lowest BCUT2D eigenvalue weighted by atomic mass is 9.85. The van der Waals surface area contributed by atoms with Gasteiger partial charge in [-0.25, -0.2) is 0 Å². The summed E-state index contributed by atoms with van der Waals surface area (Å²) in [4.78, 5) is 37.5. The molecule has 6 nitrogen and oxygen atoms in total. The van der Waals surface area contributed by atoms with Gasteiger partial charge in [0.05, 0.1) is 11.8 Å². The Morgan fingerprint density at radius 1 is 1.12 bits per heavy atom. The van der Waals surface area contributed by atoms with Crippen LogP contribution in [0, 0.1) is 30.6 Å². The second kappa shape index (κ2) is 5.72. The number of amides is 3. The minimum Gasteiger partial charge on any atom is -0.481 e. The standard InChI is InChI=1S/C19H20N2O4/c1-10-3-7-14(8-4-10)25-11(2)17(22)20-21-18(23)15-12-5-6-13(9-12)16(15)19(21)24/h3-8,11-13,15-16H,9H2,1-2H3,(H,20,22)/t11-,12-,13+,15+,16+/m1/s1. The first-order valence-electron chi connectivity index (χ1n) is 8.55. The number of hydrogen-bond donors (Lipinski definition) is 1. The molecule has 1 heterocycles. The van der Waals surface area contributed by atoms with Crippen LogP contribution in [0.3, 0.4) is 0 Å². The maximum absolute atomic E-state index is 12.6. The molecule has 1 saturated carbocycles. The van der Waals surface area contributed by atoms with E-state index >= 15 is 0 Å². The second-order valence-electron chi connectivity index (χ2n) is 7.06. The summed E-state index contributed by atoms with van der Waals surface area (Å²) in [5.74, 6) is -0.962. The van der Waals surface area contributed by atoms with E-state index in [2.05, 4.69) is 5.43 Å². The molecular formula is C19H20N2O4. The van der Waals surface area contributed by atoms with Crippen molar-refractivity contribution in [2.24, 2.45) is 23.7 Å². The zero-order chi connectivity index (χ0) is 17.7. The lowest BCUT2D eigenvalue weighted by Crippen LogP contribution is -2.51. The quantitative estimate of drug-likeness (QED) is 0.667. The molecule has 0 unspecified atom stereocenters. The van der Waals surface area contributed by atoms with Crippen LogP contribution in [-0.2, 0) is 14.4 Å². The summed E-state index contributed by atoms with van der Waals surface area (Å²) in [6, 6.07) is 7.33. The van der Waals surface area contributed by atoms with E-state index in [1.807, 2.05) is 31.2 Å². The number of aryl methyl sites for hydroxylation is 1. The Bertz CT molecular complexity index is 740. The molecule has 0 spiro atoms. The van der Waals surface area contributed by atoms with E-state index in [0.717, 1.165) is 17.0 Å². The number of fused-ring (bicyclic) bond motifs is 5. The van der Waals surface area contributed by atoms with Gasteiger partial charge in [0.1, 0.15) is 5.75 Å². The van der Waals surface area contributed by atoms with Crippen molar-refractivity contribution in [2.75, 3.05) is 0 Å². The molecule has 2 fully saturated rings. The summed E-state index contributed by atoms with van der Waals surface area (Å²) < 4.78 is 5.59. The molecule has 1 aromatic rings. The van der Waals surface area contributed by atoms with Crippen molar-refractivity contribution in [1.82, 2.24) is 10.4 Å². The van der Waals surface area contributed by atoms with Gasteiger partial charge in [0, 0.05) is 0 Å². The molecule has 3 aliphatic rings. The average Bonchev–Trinajstić information content (AvgIpc) is 3.26. The number of allylic oxidation sites excluding steroid dienone is 2. The van der Waals surface area contributed by atoms with Crippen molar-refractivity contribution in [3.05, 3.63) is 42.0 Å². The summed E-state index contributed by atoms with van der Waals surface area (Å²) in [7, 11) is 0. The predicted octanol–water partition coefficient (Wildman–Crippen LogP) is 1.60. The third kappa shape index (κ3) is 2.52. The molecule has 1 aliphatic heterocycles. The highest BCUT2D eigenvalue weighted by molar-refractivity contribution is 6.07. The number of nitrogens with one attached hydrogen (secondary N) is 1. The van der Waals surface area contributed by atoms with Gasteiger partial charge in [0.2, 0.25) is 0 Å². The van der Waals surface area contributed by atoms with Crippen molar-refractivity contribution < 1.29 is 19.1 Å². The van der Waals surface area contributed by atoms with Gasteiger partial charge >= 0.3 is 0 Å². The van der Waals surface area contributed by atoms with Gasteiger partial charge in [-0.3, -0.25) is 19.8 Å². The number of imide groups is 1. The van der Waals surface area contributed by atoms with Gasteiger partial charge in [0.25, 0.3) is 17.7 Å². The highest BCUT2D eigenvalue weighted by Crippen LogP contribution is 2.52. The number of rotatable bonds is 4. The third-order valence-electron chi connectivity index (χ3n) is 5.40. The van der Waals surface area contributed by atoms with E-state index in [0.29, 0.717) is 5.75 Å². The fraction of sp³-hybridized carbons (Fsp3) is 0.421. The molecule has 130 valence electrons. The van der Waals surface area contributed by atoms with Crippen LogP contribution >= 0.6 is 0 Å². The Hall–Kier alpha value is -2.63. The van der Waals surface area contributed by atoms with Crippen LogP contribution < -0.4 is 10.2 Å². The topological polar surface area (TPSA) is 75.7 Å². The van der Waals surface area contributed by atoms with Gasteiger partial charge in [-0.2, -0.15) is 5.01 Å². The molecule has 1 N–H and O–H groups in total. The molecular weight excluding hydrogens is 320 g/mol. The molecule has 6 heteroatoms. The van der Waals surface area contributed by atoms with Crippen LogP contribution in [0.25, 0.3) is 0 Å². The summed E-state index contributed by atoms with van der Waals surface area (Å²) in [5.41, 5.74) is 3.54. The monoisotopic (exact) mass is 340 g/mol. The van der Waals surface area contributed by atoms with Crippen LogP contribution in [0.5, 0.6) is 5.75 Å². The number of hydrazine groups is 1. The molecule has 2 bridgehead atoms. The van der Waals surface area contributed by atoms with E-state index < -0.39 is 12.0 Å². The zero-order valence-electron chi connectivity index (χ0n) is 14.1. The Balaban J connectivity index is 1.42. The highest BCUT2D eigenvalue weighted by Gasteiger charge is 2.59. The molecule has 2 aliphatic carbocycles. The molecule has 4 rings (SSSR count). The average molecular weight is 340 g/mol. The van der Waals surface area contributed by atoms with Crippen LogP contribution in [0.15, 0.2) is 36.4 Å². The number of carbonyl (C=O) groups excluding carboxylic acids is 3. The first kappa shape index (κ1) is 15.9. The Labute approximate surface area is 145 Å². The van der Waals surface area contributed by atoms with Crippen LogP contribution in [0.4, 0.5) is 0 Å². The molecule has 0 aromatic heterocycles. The summed E-state index contributed by atoms with van der Waals surface area (Å²) in [6.45, 7) is 3.55. The van der Waals surface area contributed by atoms with Crippen LogP contribution in [0.1, 0.15) is 18.9 Å². The van der Waals surface area contributed by atoms with Crippen LogP contribution in [0.2, 0.25) is 0 Å². The van der Waals surface area contributed by atoms with Crippen molar-refractivity contribution in [1.29, 1.82) is 0 Å². The van der Waals surface area contributed by atoms with Gasteiger partial charge in [-0.1, -0.05) is 29.8 Å². The number of hydrogen-bond acceptors (Lipinski definition) is 4. The number of carbonyl (C=O) groups is 3. The zero-order valence-corrected chi connectivity index (χ0v) is 14.1. The first-order valence-corrected chi connectivity index (χ1v) is 8.55. The van der Waals surface area contributed by atoms with Gasteiger partial charge < -0.3 is 4.74 Å². The maximum Gasteiger partial charge on any atom is 0.279 e. The van der Waals surface area contributed by atoms with Gasteiger partial charge in [0.15, 0.2) is 6.10 Å². The lowest BCUT2D eigenvalue weighted by Gasteiger charge is -2.21. The summed E-state index contributed by atoms with van der Waals surface area (Å²) >= 11 is 0. The van der Waals surface area contributed by atoms with Gasteiger partial charge in [-0.05, 0) is 44.2 Å². The normalized spacial score (nSPS) is 30.6. The third-order valence-corrected chi connectivity index (χ3v) is 5.40. The fourth-order valence-electron chi connectivity index (χ4n) is 4.09. The van der Waals surface area contributed by atoms with Crippen molar-refractivity contribution >= 4 is 17.7 Å².